The molecule has 0 fully saturated rings. The Balaban J connectivity index is 1.50. The molecule has 3 aromatic carbocycles. The maximum Gasteiger partial charge on any atom is 0.336 e. The molecule has 0 saturated heterocycles. The Kier molecular flexibility index (Phi) is 7.25. The summed E-state index contributed by atoms with van der Waals surface area (Å²) in [5.74, 6) is 1.55. The maximum absolute atomic E-state index is 12.8. The molecule has 4 rings (SSSR count). The number of aryl methyl sites for hydroxylation is 1. The SMILES string of the molecule is COc1cc(/C=C/C(=O)Oc2ccc3c(=O)c(Oc4ccc(C)cc4)coc3c2)cc(OC)c1OC. The highest BCUT2D eigenvalue weighted by Gasteiger charge is 2.13. The van der Waals surface area contributed by atoms with Crippen molar-refractivity contribution in [1.29, 1.82) is 0 Å². The lowest BCUT2D eigenvalue weighted by atomic mass is 10.1. The number of hydrogen-bond acceptors (Lipinski definition) is 8. The molecule has 0 bridgehead atoms. The molecule has 0 spiro atoms. The van der Waals surface area contributed by atoms with Crippen LogP contribution in [0.2, 0.25) is 0 Å². The fourth-order valence-corrected chi connectivity index (χ4v) is 3.47. The number of methoxy groups -OCH3 is 3. The van der Waals surface area contributed by atoms with Gasteiger partial charge in [0.05, 0.1) is 26.7 Å². The van der Waals surface area contributed by atoms with Gasteiger partial charge in [0, 0.05) is 12.1 Å². The molecule has 184 valence electrons. The molecule has 0 unspecified atom stereocenters. The summed E-state index contributed by atoms with van der Waals surface area (Å²) in [6.45, 7) is 1.96. The summed E-state index contributed by atoms with van der Waals surface area (Å²) in [5, 5.41) is 0.298. The lowest BCUT2D eigenvalue weighted by Gasteiger charge is -2.12. The van der Waals surface area contributed by atoms with Crippen molar-refractivity contribution in [2.75, 3.05) is 21.3 Å². The van der Waals surface area contributed by atoms with E-state index in [-0.39, 0.29) is 22.5 Å². The van der Waals surface area contributed by atoms with Crippen molar-refractivity contribution in [1.82, 2.24) is 0 Å². The monoisotopic (exact) mass is 488 g/mol. The zero-order valence-corrected chi connectivity index (χ0v) is 20.2. The largest absolute Gasteiger partial charge is 0.493 e. The van der Waals surface area contributed by atoms with Gasteiger partial charge in [-0.05, 0) is 55.0 Å². The van der Waals surface area contributed by atoms with Gasteiger partial charge in [-0.2, -0.15) is 0 Å². The first kappa shape index (κ1) is 24.4. The Labute approximate surface area is 207 Å². The Bertz CT molecular complexity index is 1460. The number of benzene rings is 3. The van der Waals surface area contributed by atoms with Crippen molar-refractivity contribution in [2.45, 2.75) is 6.92 Å². The van der Waals surface area contributed by atoms with Crippen LogP contribution in [0.3, 0.4) is 0 Å². The maximum atomic E-state index is 12.8. The van der Waals surface area contributed by atoms with Crippen LogP contribution in [0.1, 0.15) is 11.1 Å². The molecule has 0 aliphatic heterocycles. The summed E-state index contributed by atoms with van der Waals surface area (Å²) >= 11 is 0. The van der Waals surface area contributed by atoms with Gasteiger partial charge in [-0.3, -0.25) is 4.79 Å². The van der Waals surface area contributed by atoms with Crippen molar-refractivity contribution >= 4 is 23.0 Å². The van der Waals surface area contributed by atoms with Gasteiger partial charge in [-0.15, -0.1) is 0 Å². The Morgan fingerprint density at radius 2 is 1.50 bits per heavy atom. The number of carbonyl (C=O) groups is 1. The lowest BCUT2D eigenvalue weighted by molar-refractivity contribution is -0.128. The number of esters is 1. The molecule has 0 aliphatic rings. The second-order valence-corrected chi connectivity index (χ2v) is 7.72. The quantitative estimate of drug-likeness (QED) is 0.181. The minimum atomic E-state index is -0.621. The average molecular weight is 488 g/mol. The highest BCUT2D eigenvalue weighted by Crippen LogP contribution is 2.38. The van der Waals surface area contributed by atoms with E-state index in [1.165, 1.54) is 51.9 Å². The minimum absolute atomic E-state index is 0.0596. The van der Waals surface area contributed by atoms with Crippen LogP contribution in [0, 0.1) is 6.92 Å². The first-order valence-corrected chi connectivity index (χ1v) is 10.9. The molecule has 8 nitrogen and oxygen atoms in total. The third-order valence-corrected chi connectivity index (χ3v) is 5.28. The third kappa shape index (κ3) is 5.33. The molecule has 0 radical (unpaired) electrons. The van der Waals surface area contributed by atoms with E-state index >= 15 is 0 Å². The van der Waals surface area contributed by atoms with Crippen LogP contribution in [0.15, 0.2) is 76.1 Å². The highest BCUT2D eigenvalue weighted by atomic mass is 16.5. The first-order valence-electron chi connectivity index (χ1n) is 10.9. The summed E-state index contributed by atoms with van der Waals surface area (Å²) in [6, 6.07) is 15.2. The Morgan fingerprint density at radius 1 is 0.833 bits per heavy atom. The predicted octanol–water partition coefficient (Wildman–Crippen LogP) is 5.54. The van der Waals surface area contributed by atoms with E-state index in [1.807, 2.05) is 19.1 Å². The second-order valence-electron chi connectivity index (χ2n) is 7.72. The fourth-order valence-electron chi connectivity index (χ4n) is 3.47. The molecule has 4 aromatic rings. The van der Waals surface area contributed by atoms with Crippen LogP contribution in [0.4, 0.5) is 0 Å². The van der Waals surface area contributed by atoms with Gasteiger partial charge in [-0.1, -0.05) is 17.7 Å². The van der Waals surface area contributed by atoms with E-state index in [1.54, 1.807) is 30.3 Å². The van der Waals surface area contributed by atoms with E-state index in [2.05, 4.69) is 0 Å². The highest BCUT2D eigenvalue weighted by molar-refractivity contribution is 5.89. The van der Waals surface area contributed by atoms with E-state index in [0.717, 1.165) is 5.56 Å². The van der Waals surface area contributed by atoms with Crippen LogP contribution < -0.4 is 29.1 Å². The van der Waals surface area contributed by atoms with Gasteiger partial charge in [-0.25, -0.2) is 4.79 Å². The predicted molar refractivity (Wildman–Crippen MR) is 135 cm³/mol. The molecule has 8 heteroatoms. The van der Waals surface area contributed by atoms with Crippen LogP contribution in [-0.2, 0) is 4.79 Å². The van der Waals surface area contributed by atoms with E-state index in [4.69, 9.17) is 28.1 Å². The van der Waals surface area contributed by atoms with Crippen LogP contribution in [0.5, 0.6) is 34.5 Å². The molecule has 0 aliphatic carbocycles. The smallest absolute Gasteiger partial charge is 0.336 e. The van der Waals surface area contributed by atoms with E-state index in [9.17, 15) is 9.59 Å². The van der Waals surface area contributed by atoms with Crippen molar-refractivity contribution < 1.29 is 32.9 Å². The fraction of sp³-hybridized carbons (Fsp3) is 0.143. The topological polar surface area (TPSA) is 93.4 Å². The molecule has 0 atom stereocenters. The third-order valence-electron chi connectivity index (χ3n) is 5.28. The summed E-state index contributed by atoms with van der Waals surface area (Å²) in [7, 11) is 4.53. The molecule has 1 heterocycles. The van der Waals surface area contributed by atoms with Gasteiger partial charge in [0.2, 0.25) is 16.9 Å². The lowest BCUT2D eigenvalue weighted by Crippen LogP contribution is -2.06. The first-order chi connectivity index (χ1) is 17.4. The number of rotatable bonds is 8. The van der Waals surface area contributed by atoms with Crippen LogP contribution >= 0.6 is 0 Å². The number of hydrogen-bond donors (Lipinski definition) is 0. The average Bonchev–Trinajstić information content (AvgIpc) is 2.89. The standard InChI is InChI=1S/C28H24O8/c1-17-5-8-19(9-6-17)35-25-16-34-22-15-20(10-11-21(22)27(25)30)36-26(29)12-7-18-13-23(31-2)28(33-4)24(14-18)32-3/h5-16H,1-4H3/b12-7+. The van der Waals surface area contributed by atoms with Gasteiger partial charge < -0.3 is 28.1 Å². The van der Waals surface area contributed by atoms with Crippen LogP contribution in [0.25, 0.3) is 17.0 Å². The molecule has 36 heavy (non-hydrogen) atoms. The number of carbonyl (C=O) groups excluding carboxylic acids is 1. The molecule has 1 aromatic heterocycles. The summed E-state index contributed by atoms with van der Waals surface area (Å²) in [5.41, 5.74) is 1.65. The Morgan fingerprint density at radius 3 is 2.14 bits per heavy atom. The summed E-state index contributed by atoms with van der Waals surface area (Å²) < 4.78 is 32.5. The molecule has 0 N–H and O–H groups in total. The number of fused-ring (bicyclic) bond motifs is 1. The van der Waals surface area contributed by atoms with Gasteiger partial charge in [0.1, 0.15) is 23.3 Å². The number of ether oxygens (including phenoxy) is 5. The molecular weight excluding hydrogens is 464 g/mol. The van der Waals surface area contributed by atoms with Gasteiger partial charge in [0.25, 0.3) is 0 Å². The summed E-state index contributed by atoms with van der Waals surface area (Å²) in [4.78, 5) is 25.2. The normalized spacial score (nSPS) is 10.9. The minimum Gasteiger partial charge on any atom is -0.493 e. The van der Waals surface area contributed by atoms with Crippen molar-refractivity contribution in [3.05, 3.63) is 88.3 Å². The van der Waals surface area contributed by atoms with Gasteiger partial charge >= 0.3 is 5.97 Å². The molecule has 0 amide bonds. The zero-order chi connectivity index (χ0) is 25.7. The van der Waals surface area contributed by atoms with Crippen molar-refractivity contribution in [3.63, 3.8) is 0 Å². The zero-order valence-electron chi connectivity index (χ0n) is 20.2. The Hall–Kier alpha value is -4.72. The van der Waals surface area contributed by atoms with Crippen LogP contribution in [-0.4, -0.2) is 27.3 Å². The van der Waals surface area contributed by atoms with E-state index in [0.29, 0.717) is 33.9 Å². The molecular formula is C28H24O8. The second kappa shape index (κ2) is 10.7. The van der Waals surface area contributed by atoms with Crippen molar-refractivity contribution in [3.8, 4) is 34.5 Å². The molecule has 0 saturated carbocycles. The van der Waals surface area contributed by atoms with Gasteiger partial charge in [0.15, 0.2) is 11.5 Å². The van der Waals surface area contributed by atoms with E-state index < -0.39 is 5.97 Å². The van der Waals surface area contributed by atoms with Crippen molar-refractivity contribution in [2.24, 2.45) is 0 Å². The summed E-state index contributed by atoms with van der Waals surface area (Å²) in [6.07, 6.45) is 4.06.